The van der Waals surface area contributed by atoms with Crippen molar-refractivity contribution in [3.63, 3.8) is 0 Å². The number of carbonyl (C=O) groups is 4. The van der Waals surface area contributed by atoms with Gasteiger partial charge in [-0.1, -0.05) is 127 Å². The van der Waals surface area contributed by atoms with Gasteiger partial charge < -0.3 is 0 Å². The minimum absolute atomic E-state index is 0.0972. The molecule has 0 aromatic rings. The molecule has 0 spiro atoms. The van der Waals surface area contributed by atoms with Crippen LogP contribution in [-0.2, 0) is 19.2 Å². The van der Waals surface area contributed by atoms with Gasteiger partial charge in [-0.05, 0) is 110 Å². The van der Waals surface area contributed by atoms with E-state index in [1.165, 1.54) is 12.0 Å². The Morgan fingerprint density at radius 1 is 0.569 bits per heavy atom. The van der Waals surface area contributed by atoms with Crippen molar-refractivity contribution >= 4 is 23.1 Å². The van der Waals surface area contributed by atoms with E-state index in [0.717, 1.165) is 68.1 Å². The van der Waals surface area contributed by atoms with E-state index in [9.17, 15) is 19.2 Å². The summed E-state index contributed by atoms with van der Waals surface area (Å²) in [6, 6.07) is 1.97. The van der Waals surface area contributed by atoms with E-state index in [0.29, 0.717) is 64.0 Å². The van der Waals surface area contributed by atoms with Gasteiger partial charge in [-0.3, -0.25) is 19.2 Å². The van der Waals surface area contributed by atoms with Crippen LogP contribution in [0.15, 0.2) is 71.4 Å². The van der Waals surface area contributed by atoms with Crippen LogP contribution in [-0.4, -0.2) is 23.1 Å². The summed E-state index contributed by atoms with van der Waals surface area (Å²) in [5.74, 6) is 3.72. The highest BCUT2D eigenvalue weighted by Gasteiger charge is 2.17. The number of nitrogens with zero attached hydrogens (tertiary/aromatic N) is 1. The number of rotatable bonds is 7. The first-order chi connectivity index (χ1) is 23.5. The Balaban J connectivity index is -0.000000549. The standard InChI is InChI=1S/C10H16O.C9H14O.C8H12O.C7H12O.C6H9N.C6H12/c1-8(2)9-6-4-3-5-7-10(9)11;1-7(2)8-5-3-4-6-9(8)10;1-6(2)7-4-3-5-8(7)9;1-5(2)6(3)7(4)8;1-5(2)6(3)4-7;1-5(2)6(3)4/h6,8H,3-5,7H2,1-2H3;5,7H,3-4,6H2,1-2H3;4,6H,3,5H2,1-2H3;5H,3H2,1-2,4H3;5H,3H2,1-2H3;6H,1H2,2-4H3. The number of allylic oxidation sites excluding steroid dienone is 9. The molecular weight excluding hydrogens is 631 g/mol. The Morgan fingerprint density at radius 3 is 1.16 bits per heavy atom. The van der Waals surface area contributed by atoms with Gasteiger partial charge in [0.15, 0.2) is 23.1 Å². The number of hydrogen-bond acceptors (Lipinski definition) is 5. The van der Waals surface area contributed by atoms with E-state index in [2.05, 4.69) is 93.4 Å². The third-order valence-electron chi connectivity index (χ3n) is 8.74. The normalized spacial score (nSPS) is 15.2. The van der Waals surface area contributed by atoms with Crippen molar-refractivity contribution in [2.75, 3.05) is 0 Å². The molecule has 5 nitrogen and oxygen atoms in total. The van der Waals surface area contributed by atoms with Gasteiger partial charge in [0.25, 0.3) is 0 Å². The lowest BCUT2D eigenvalue weighted by atomic mass is 9.90. The first kappa shape index (κ1) is 52.0. The third-order valence-corrected chi connectivity index (χ3v) is 8.74. The van der Waals surface area contributed by atoms with Gasteiger partial charge in [-0.15, -0.1) is 0 Å². The largest absolute Gasteiger partial charge is 0.295 e. The second kappa shape index (κ2) is 29.2. The minimum atomic E-state index is 0.0972. The van der Waals surface area contributed by atoms with Crippen LogP contribution in [0.4, 0.5) is 0 Å². The number of Topliss-reactive ketones (excluding diaryl/α,β-unsaturated/α-hetero) is 4. The van der Waals surface area contributed by atoms with Gasteiger partial charge in [0.1, 0.15) is 0 Å². The summed E-state index contributed by atoms with van der Waals surface area (Å²) in [7, 11) is 0. The molecule has 0 saturated carbocycles. The fraction of sp³-hybridized carbons (Fsp3) is 0.630. The molecule has 0 radical (unpaired) electrons. The molecule has 0 aromatic heterocycles. The quantitative estimate of drug-likeness (QED) is 0.149. The first-order valence-corrected chi connectivity index (χ1v) is 19.2. The Labute approximate surface area is 314 Å². The fourth-order valence-corrected chi connectivity index (χ4v) is 4.55. The van der Waals surface area contributed by atoms with Crippen LogP contribution in [0.3, 0.4) is 0 Å². The first-order valence-electron chi connectivity index (χ1n) is 19.2. The van der Waals surface area contributed by atoms with Gasteiger partial charge in [-0.25, -0.2) is 0 Å². The Morgan fingerprint density at radius 2 is 0.922 bits per heavy atom. The molecule has 0 fully saturated rings. The maximum absolute atomic E-state index is 11.4. The van der Waals surface area contributed by atoms with Gasteiger partial charge in [0, 0.05) is 24.8 Å². The van der Waals surface area contributed by atoms with E-state index in [4.69, 9.17) is 5.26 Å². The van der Waals surface area contributed by atoms with Crippen molar-refractivity contribution < 1.29 is 19.2 Å². The van der Waals surface area contributed by atoms with Crippen LogP contribution < -0.4 is 0 Å². The molecule has 5 heteroatoms. The van der Waals surface area contributed by atoms with Crippen LogP contribution in [0, 0.1) is 46.8 Å². The molecule has 0 aromatic carbocycles. The number of nitriles is 1. The van der Waals surface area contributed by atoms with Crippen LogP contribution in [0.2, 0.25) is 0 Å². The van der Waals surface area contributed by atoms with Crippen molar-refractivity contribution in [1.82, 2.24) is 0 Å². The molecule has 0 atom stereocenters. The van der Waals surface area contributed by atoms with Crippen molar-refractivity contribution in [3.8, 4) is 6.07 Å². The molecule has 3 aliphatic rings. The second-order valence-corrected chi connectivity index (χ2v) is 15.4. The van der Waals surface area contributed by atoms with Crippen LogP contribution in [0.1, 0.15) is 155 Å². The highest BCUT2D eigenvalue weighted by atomic mass is 16.1. The van der Waals surface area contributed by atoms with E-state index in [1.807, 2.05) is 40.7 Å². The van der Waals surface area contributed by atoms with Gasteiger partial charge in [0.2, 0.25) is 0 Å². The molecule has 0 heterocycles. The van der Waals surface area contributed by atoms with Gasteiger partial charge in [0.05, 0.1) is 6.07 Å². The molecule has 3 aliphatic carbocycles. The van der Waals surface area contributed by atoms with E-state index >= 15 is 0 Å². The lowest BCUT2D eigenvalue weighted by Gasteiger charge is -2.13. The van der Waals surface area contributed by atoms with Crippen LogP contribution >= 0.6 is 0 Å². The molecule has 51 heavy (non-hydrogen) atoms. The molecule has 0 saturated heterocycles. The number of hydrogen-bond donors (Lipinski definition) is 0. The van der Waals surface area contributed by atoms with Crippen molar-refractivity contribution in [3.05, 3.63) is 71.4 Å². The van der Waals surface area contributed by atoms with E-state index in [-0.39, 0.29) is 5.78 Å². The number of carbonyl (C=O) groups excluding carboxylic acids is 4. The summed E-state index contributed by atoms with van der Waals surface area (Å²) < 4.78 is 0. The summed E-state index contributed by atoms with van der Waals surface area (Å²) in [5, 5.41) is 8.16. The summed E-state index contributed by atoms with van der Waals surface area (Å²) in [5.41, 5.74) is 5.77. The van der Waals surface area contributed by atoms with Crippen LogP contribution in [0.5, 0.6) is 0 Å². The number of ketones is 4. The predicted octanol–water partition coefficient (Wildman–Crippen LogP) is 12.7. The topological polar surface area (TPSA) is 92.1 Å². The molecule has 3 rings (SSSR count). The molecule has 0 bridgehead atoms. The van der Waals surface area contributed by atoms with Crippen molar-refractivity contribution in [2.24, 2.45) is 35.5 Å². The van der Waals surface area contributed by atoms with Gasteiger partial charge in [-0.2, -0.15) is 5.26 Å². The summed E-state index contributed by atoms with van der Waals surface area (Å²) in [6.07, 6.45) is 15.0. The summed E-state index contributed by atoms with van der Waals surface area (Å²) in [4.78, 5) is 44.0. The highest BCUT2D eigenvalue weighted by molar-refractivity contribution is 5.98. The smallest absolute Gasteiger partial charge is 0.159 e. The molecule has 0 amide bonds. The maximum Gasteiger partial charge on any atom is 0.159 e. The Kier molecular flexibility index (Phi) is 29.8. The zero-order valence-electron chi connectivity index (χ0n) is 35.3. The monoisotopic (exact) mass is 706 g/mol. The molecule has 0 N–H and O–H groups in total. The minimum Gasteiger partial charge on any atom is -0.295 e. The average Bonchev–Trinajstić information content (AvgIpc) is 3.36. The molecular formula is C46H75NO4. The fourth-order valence-electron chi connectivity index (χ4n) is 4.55. The lowest BCUT2D eigenvalue weighted by Crippen LogP contribution is -2.11. The van der Waals surface area contributed by atoms with Crippen molar-refractivity contribution in [2.45, 2.75) is 155 Å². The predicted molar refractivity (Wildman–Crippen MR) is 219 cm³/mol. The van der Waals surface area contributed by atoms with Crippen LogP contribution in [0.25, 0.3) is 0 Å². The summed E-state index contributed by atoms with van der Waals surface area (Å²) >= 11 is 0. The van der Waals surface area contributed by atoms with E-state index < -0.39 is 0 Å². The Hall–Kier alpha value is -3.39. The zero-order chi connectivity index (χ0) is 40.4. The van der Waals surface area contributed by atoms with Crippen molar-refractivity contribution in [1.29, 1.82) is 5.26 Å². The second-order valence-electron chi connectivity index (χ2n) is 15.4. The zero-order valence-corrected chi connectivity index (χ0v) is 35.3. The summed E-state index contributed by atoms with van der Waals surface area (Å²) in [6.45, 7) is 39.0. The SMILES string of the molecule is C=C(C#N)C(C)C.C=C(C(C)=O)C(C)C.C=C(C)C(C)C.CC(C)C1=CCCC1=O.CC(C)C1=CCCCC1=O.CC(C)C1=CCCCCC1=O. The Bertz CT molecular complexity index is 1270. The third kappa shape index (κ3) is 26.1. The highest BCUT2D eigenvalue weighted by Crippen LogP contribution is 2.22. The van der Waals surface area contributed by atoms with E-state index in [1.54, 1.807) is 6.92 Å². The molecule has 288 valence electrons. The molecule has 0 unspecified atom stereocenters. The average molecular weight is 706 g/mol. The lowest BCUT2D eigenvalue weighted by molar-refractivity contribution is -0.117. The van der Waals surface area contributed by atoms with Gasteiger partial charge >= 0.3 is 0 Å². The molecule has 0 aliphatic heterocycles. The maximum atomic E-state index is 11.4.